The molecule has 1 amide bonds. The predicted octanol–water partition coefficient (Wildman–Crippen LogP) is 2.38. The van der Waals surface area contributed by atoms with Crippen molar-refractivity contribution in [3.63, 3.8) is 0 Å². The van der Waals surface area contributed by atoms with E-state index in [0.717, 1.165) is 62.4 Å². The highest BCUT2D eigenvalue weighted by molar-refractivity contribution is 6.07. The molecule has 2 aromatic rings. The molecule has 4 rings (SSSR count). The normalized spacial score (nSPS) is 18.8. The van der Waals surface area contributed by atoms with Crippen LogP contribution in [-0.2, 0) is 0 Å². The quantitative estimate of drug-likeness (QED) is 0.789. The number of piperazine rings is 1. The minimum atomic E-state index is -0.133. The number of aromatic nitrogens is 2. The first-order chi connectivity index (χ1) is 14.6. The van der Waals surface area contributed by atoms with Gasteiger partial charge in [-0.15, -0.1) is 10.2 Å². The van der Waals surface area contributed by atoms with E-state index in [0.29, 0.717) is 18.3 Å². The highest BCUT2D eigenvalue weighted by Gasteiger charge is 2.23. The van der Waals surface area contributed by atoms with Gasteiger partial charge in [-0.25, -0.2) is 0 Å². The molecule has 7 heteroatoms. The Kier molecular flexibility index (Phi) is 6.79. The Morgan fingerprint density at radius 3 is 2.37 bits per heavy atom. The summed E-state index contributed by atoms with van der Waals surface area (Å²) in [7, 11) is 0. The van der Waals surface area contributed by atoms with Gasteiger partial charge in [-0.05, 0) is 39.8 Å². The van der Waals surface area contributed by atoms with Crippen LogP contribution in [-0.4, -0.2) is 84.3 Å². The van der Waals surface area contributed by atoms with Gasteiger partial charge < -0.3 is 15.1 Å². The molecule has 0 atom stereocenters. The number of anilines is 1. The van der Waals surface area contributed by atoms with Crippen LogP contribution in [0.2, 0.25) is 0 Å². The SMILES string of the molecule is CC(C)N1CCN(c2nnc(C(=O)NCCN3CCCCC3)c3ccccc23)CC1. The molecule has 0 aliphatic carbocycles. The van der Waals surface area contributed by atoms with Gasteiger partial charge in [0.25, 0.3) is 5.91 Å². The first-order valence-electron chi connectivity index (χ1n) is 11.4. The minimum absolute atomic E-state index is 0.133. The van der Waals surface area contributed by atoms with Crippen LogP contribution in [0.5, 0.6) is 0 Å². The van der Waals surface area contributed by atoms with Crippen LogP contribution in [0.4, 0.5) is 5.82 Å². The summed E-state index contributed by atoms with van der Waals surface area (Å²) in [5, 5.41) is 13.8. The molecule has 0 radical (unpaired) electrons. The highest BCUT2D eigenvalue weighted by Crippen LogP contribution is 2.27. The zero-order valence-corrected chi connectivity index (χ0v) is 18.3. The summed E-state index contributed by atoms with van der Waals surface area (Å²) >= 11 is 0. The molecule has 0 spiro atoms. The second kappa shape index (κ2) is 9.71. The molecule has 1 aromatic carbocycles. The molecule has 0 unspecified atom stereocenters. The van der Waals surface area contributed by atoms with Crippen molar-refractivity contribution in [2.75, 3.05) is 57.3 Å². The number of piperidine rings is 1. The van der Waals surface area contributed by atoms with Gasteiger partial charge in [-0.2, -0.15) is 0 Å². The molecular formula is C23H34N6O. The van der Waals surface area contributed by atoms with Crippen LogP contribution < -0.4 is 10.2 Å². The van der Waals surface area contributed by atoms with Gasteiger partial charge in [0.1, 0.15) is 0 Å². The standard InChI is InChI=1S/C23H34N6O/c1-18(2)28-14-16-29(17-15-28)22-20-9-5-4-8-19(20)21(25-26-22)23(30)24-10-13-27-11-6-3-7-12-27/h4-5,8-9,18H,3,6-7,10-17H2,1-2H3,(H,24,30). The van der Waals surface area contributed by atoms with Crippen molar-refractivity contribution in [1.29, 1.82) is 0 Å². The monoisotopic (exact) mass is 410 g/mol. The van der Waals surface area contributed by atoms with Gasteiger partial charge in [0, 0.05) is 56.1 Å². The van der Waals surface area contributed by atoms with Crippen molar-refractivity contribution in [2.45, 2.75) is 39.2 Å². The Balaban J connectivity index is 1.46. The minimum Gasteiger partial charge on any atom is -0.352 e. The number of fused-ring (bicyclic) bond motifs is 1. The third-order valence-corrected chi connectivity index (χ3v) is 6.39. The lowest BCUT2D eigenvalue weighted by atomic mass is 10.1. The molecule has 7 nitrogen and oxygen atoms in total. The topological polar surface area (TPSA) is 64.6 Å². The number of hydrogen-bond acceptors (Lipinski definition) is 6. The van der Waals surface area contributed by atoms with E-state index in [1.807, 2.05) is 18.2 Å². The number of likely N-dealkylation sites (tertiary alicyclic amines) is 1. The van der Waals surface area contributed by atoms with E-state index in [9.17, 15) is 4.79 Å². The van der Waals surface area contributed by atoms with Crippen molar-refractivity contribution in [1.82, 2.24) is 25.3 Å². The third kappa shape index (κ3) is 4.73. The fourth-order valence-electron chi connectivity index (χ4n) is 4.54. The van der Waals surface area contributed by atoms with E-state index >= 15 is 0 Å². The molecule has 162 valence electrons. The Morgan fingerprint density at radius 2 is 1.67 bits per heavy atom. The maximum absolute atomic E-state index is 12.9. The fraction of sp³-hybridized carbons (Fsp3) is 0.609. The smallest absolute Gasteiger partial charge is 0.272 e. The molecule has 2 aliphatic rings. The number of carbonyl (C=O) groups excluding carboxylic acids is 1. The lowest BCUT2D eigenvalue weighted by Crippen LogP contribution is -2.49. The highest BCUT2D eigenvalue weighted by atomic mass is 16.1. The van der Waals surface area contributed by atoms with E-state index in [1.165, 1.54) is 19.3 Å². The molecule has 2 saturated heterocycles. The number of hydrogen-bond donors (Lipinski definition) is 1. The second-order valence-electron chi connectivity index (χ2n) is 8.69. The van der Waals surface area contributed by atoms with Crippen LogP contribution >= 0.6 is 0 Å². The number of amides is 1. The molecule has 0 bridgehead atoms. The Labute approximate surface area is 179 Å². The molecule has 30 heavy (non-hydrogen) atoms. The van der Waals surface area contributed by atoms with Gasteiger partial charge in [0.15, 0.2) is 11.5 Å². The lowest BCUT2D eigenvalue weighted by molar-refractivity contribution is 0.0942. The van der Waals surface area contributed by atoms with Crippen LogP contribution in [0.1, 0.15) is 43.6 Å². The number of carbonyl (C=O) groups is 1. The van der Waals surface area contributed by atoms with Crippen LogP contribution in [0, 0.1) is 0 Å². The maximum Gasteiger partial charge on any atom is 0.272 e. The van der Waals surface area contributed by atoms with Crippen molar-refractivity contribution >= 4 is 22.5 Å². The van der Waals surface area contributed by atoms with Crippen LogP contribution in [0.25, 0.3) is 10.8 Å². The van der Waals surface area contributed by atoms with Crippen molar-refractivity contribution in [3.05, 3.63) is 30.0 Å². The summed E-state index contributed by atoms with van der Waals surface area (Å²) in [5.41, 5.74) is 0.425. The van der Waals surface area contributed by atoms with Gasteiger partial charge in [0.2, 0.25) is 0 Å². The molecular weight excluding hydrogens is 376 g/mol. The molecule has 2 aliphatic heterocycles. The molecule has 0 saturated carbocycles. The third-order valence-electron chi connectivity index (χ3n) is 6.39. The number of nitrogens with one attached hydrogen (secondary N) is 1. The molecule has 1 aromatic heterocycles. The van der Waals surface area contributed by atoms with E-state index in [-0.39, 0.29) is 5.91 Å². The Bertz CT molecular complexity index is 856. The van der Waals surface area contributed by atoms with E-state index in [1.54, 1.807) is 0 Å². The number of nitrogens with zero attached hydrogens (tertiary/aromatic N) is 5. The Morgan fingerprint density at radius 1 is 0.967 bits per heavy atom. The molecule has 2 fully saturated rings. The summed E-state index contributed by atoms with van der Waals surface area (Å²) in [6, 6.07) is 8.58. The van der Waals surface area contributed by atoms with E-state index < -0.39 is 0 Å². The van der Waals surface area contributed by atoms with E-state index in [2.05, 4.69) is 50.1 Å². The summed E-state index contributed by atoms with van der Waals surface area (Å²) in [6.07, 6.45) is 3.84. The van der Waals surface area contributed by atoms with Gasteiger partial charge >= 0.3 is 0 Å². The van der Waals surface area contributed by atoms with Crippen molar-refractivity contribution in [3.8, 4) is 0 Å². The summed E-state index contributed by atoms with van der Waals surface area (Å²) in [6.45, 7) is 12.2. The molecule has 3 heterocycles. The zero-order chi connectivity index (χ0) is 20.9. The Hall–Kier alpha value is -2.25. The first kappa shape index (κ1) is 21.0. The average Bonchev–Trinajstić information content (AvgIpc) is 2.79. The van der Waals surface area contributed by atoms with Crippen molar-refractivity contribution in [2.24, 2.45) is 0 Å². The van der Waals surface area contributed by atoms with Crippen molar-refractivity contribution < 1.29 is 4.79 Å². The number of benzene rings is 1. The van der Waals surface area contributed by atoms with E-state index in [4.69, 9.17) is 0 Å². The van der Waals surface area contributed by atoms with Gasteiger partial charge in [-0.1, -0.05) is 30.7 Å². The maximum atomic E-state index is 12.9. The molecule has 1 N–H and O–H groups in total. The summed E-state index contributed by atoms with van der Waals surface area (Å²) in [5.74, 6) is 0.755. The largest absolute Gasteiger partial charge is 0.352 e. The van der Waals surface area contributed by atoms with Crippen LogP contribution in [0.3, 0.4) is 0 Å². The second-order valence-corrected chi connectivity index (χ2v) is 8.69. The average molecular weight is 411 g/mol. The van der Waals surface area contributed by atoms with Gasteiger partial charge in [0.05, 0.1) is 0 Å². The lowest BCUT2D eigenvalue weighted by Gasteiger charge is -2.37. The predicted molar refractivity (Wildman–Crippen MR) is 121 cm³/mol. The summed E-state index contributed by atoms with van der Waals surface area (Å²) < 4.78 is 0. The van der Waals surface area contributed by atoms with Crippen LogP contribution in [0.15, 0.2) is 24.3 Å². The van der Waals surface area contributed by atoms with Gasteiger partial charge in [-0.3, -0.25) is 9.69 Å². The fourth-order valence-corrected chi connectivity index (χ4v) is 4.54. The first-order valence-corrected chi connectivity index (χ1v) is 11.4. The number of rotatable bonds is 6. The zero-order valence-electron chi connectivity index (χ0n) is 18.3. The summed E-state index contributed by atoms with van der Waals surface area (Å²) in [4.78, 5) is 20.1.